The van der Waals surface area contributed by atoms with Crippen molar-refractivity contribution in [3.8, 4) is 0 Å². The molecule has 0 N–H and O–H groups in total. The molecular formula is C18H20BrN3O2S. The van der Waals surface area contributed by atoms with E-state index >= 15 is 0 Å². The van der Waals surface area contributed by atoms with E-state index in [1.807, 2.05) is 67.5 Å². The molecule has 0 bridgehead atoms. The van der Waals surface area contributed by atoms with E-state index in [0.29, 0.717) is 6.42 Å². The van der Waals surface area contributed by atoms with Crippen LogP contribution in [0.2, 0.25) is 0 Å². The standard InChI is InChI=1S/C18H20BrN3O2S/c1-21(2)16-10-6-14(7-11-16)18-12-17(20-22(18)25(3,23)24)13-4-8-15(19)9-5-13/h4-11,18H,12H2,1-3H3/t18-/m1/s1. The van der Waals surface area contributed by atoms with Crippen LogP contribution in [0.15, 0.2) is 58.1 Å². The van der Waals surface area contributed by atoms with E-state index in [-0.39, 0.29) is 6.04 Å². The number of halogens is 1. The lowest BCUT2D eigenvalue weighted by Crippen LogP contribution is -2.26. The number of nitrogens with zero attached hydrogens (tertiary/aromatic N) is 3. The Labute approximate surface area is 157 Å². The first-order valence-corrected chi connectivity index (χ1v) is 10.5. The van der Waals surface area contributed by atoms with E-state index in [9.17, 15) is 8.42 Å². The third-order valence-corrected chi connectivity index (χ3v) is 5.73. The number of rotatable bonds is 4. The molecule has 0 saturated carbocycles. The molecule has 2 aromatic rings. The highest BCUT2D eigenvalue weighted by Gasteiger charge is 2.34. The molecule has 1 aliphatic heterocycles. The van der Waals surface area contributed by atoms with Crippen molar-refractivity contribution in [1.82, 2.24) is 4.41 Å². The van der Waals surface area contributed by atoms with Gasteiger partial charge in [0.2, 0.25) is 10.0 Å². The van der Waals surface area contributed by atoms with Gasteiger partial charge in [-0.3, -0.25) is 0 Å². The fraction of sp³-hybridized carbons (Fsp3) is 0.278. The Morgan fingerprint density at radius 3 is 2.20 bits per heavy atom. The molecule has 25 heavy (non-hydrogen) atoms. The van der Waals surface area contributed by atoms with Crippen molar-refractivity contribution < 1.29 is 8.42 Å². The highest BCUT2D eigenvalue weighted by atomic mass is 79.9. The zero-order valence-corrected chi connectivity index (χ0v) is 16.8. The van der Waals surface area contributed by atoms with Crippen molar-refractivity contribution in [2.75, 3.05) is 25.3 Å². The number of benzene rings is 2. The lowest BCUT2D eigenvalue weighted by molar-refractivity contribution is 0.375. The second kappa shape index (κ2) is 6.80. The topological polar surface area (TPSA) is 53.0 Å². The molecule has 0 amide bonds. The van der Waals surface area contributed by atoms with Crippen LogP contribution in [-0.2, 0) is 10.0 Å². The monoisotopic (exact) mass is 421 g/mol. The molecule has 5 nitrogen and oxygen atoms in total. The van der Waals surface area contributed by atoms with Crippen LogP contribution in [0, 0.1) is 0 Å². The van der Waals surface area contributed by atoms with Gasteiger partial charge >= 0.3 is 0 Å². The summed E-state index contributed by atoms with van der Waals surface area (Å²) in [6.45, 7) is 0. The van der Waals surface area contributed by atoms with Gasteiger partial charge in [-0.1, -0.05) is 40.2 Å². The minimum atomic E-state index is -3.45. The van der Waals surface area contributed by atoms with Crippen LogP contribution < -0.4 is 4.90 Å². The van der Waals surface area contributed by atoms with Crippen LogP contribution in [0.25, 0.3) is 0 Å². The lowest BCUT2D eigenvalue weighted by Gasteiger charge is -2.22. The van der Waals surface area contributed by atoms with Crippen molar-refractivity contribution in [3.63, 3.8) is 0 Å². The molecule has 0 fully saturated rings. The molecule has 132 valence electrons. The largest absolute Gasteiger partial charge is 0.378 e. The first-order valence-electron chi connectivity index (χ1n) is 7.86. The Hall–Kier alpha value is -1.86. The Balaban J connectivity index is 1.95. The average Bonchev–Trinajstić information content (AvgIpc) is 3.01. The highest BCUT2D eigenvalue weighted by molar-refractivity contribution is 9.10. The predicted octanol–water partition coefficient (Wildman–Crippen LogP) is 3.63. The minimum Gasteiger partial charge on any atom is -0.378 e. The van der Waals surface area contributed by atoms with Crippen molar-refractivity contribution in [3.05, 3.63) is 64.1 Å². The Morgan fingerprint density at radius 2 is 1.68 bits per heavy atom. The summed E-state index contributed by atoms with van der Waals surface area (Å²) in [5.74, 6) is 0. The summed E-state index contributed by atoms with van der Waals surface area (Å²) in [6, 6.07) is 15.4. The van der Waals surface area contributed by atoms with E-state index in [1.165, 1.54) is 10.7 Å². The average molecular weight is 422 g/mol. The van der Waals surface area contributed by atoms with Gasteiger partial charge in [-0.2, -0.15) is 9.52 Å². The van der Waals surface area contributed by atoms with Gasteiger partial charge in [-0.15, -0.1) is 0 Å². The zero-order chi connectivity index (χ0) is 18.2. The summed E-state index contributed by atoms with van der Waals surface area (Å²) < 4.78 is 26.7. The van der Waals surface area contributed by atoms with Gasteiger partial charge in [0.15, 0.2) is 0 Å². The number of sulfonamides is 1. The maximum atomic E-state index is 12.2. The summed E-state index contributed by atoms with van der Waals surface area (Å²) in [5.41, 5.74) is 3.72. The van der Waals surface area contributed by atoms with E-state index in [1.54, 1.807) is 0 Å². The van der Waals surface area contributed by atoms with Crippen LogP contribution in [-0.4, -0.2) is 38.9 Å². The van der Waals surface area contributed by atoms with Crippen LogP contribution >= 0.6 is 15.9 Å². The van der Waals surface area contributed by atoms with Gasteiger partial charge in [-0.05, 0) is 35.4 Å². The van der Waals surface area contributed by atoms with Gasteiger partial charge in [0.1, 0.15) is 0 Å². The fourth-order valence-corrected chi connectivity index (χ4v) is 4.02. The molecule has 0 spiro atoms. The van der Waals surface area contributed by atoms with E-state index < -0.39 is 10.0 Å². The molecule has 0 radical (unpaired) electrons. The second-order valence-corrected chi connectivity index (χ2v) is 9.05. The summed E-state index contributed by atoms with van der Waals surface area (Å²) >= 11 is 3.41. The van der Waals surface area contributed by atoms with Gasteiger partial charge in [0.05, 0.1) is 18.0 Å². The predicted molar refractivity (Wildman–Crippen MR) is 105 cm³/mol. The maximum Gasteiger partial charge on any atom is 0.247 e. The normalized spacial score (nSPS) is 17.5. The third kappa shape index (κ3) is 3.88. The minimum absolute atomic E-state index is 0.315. The molecule has 1 heterocycles. The summed E-state index contributed by atoms with van der Waals surface area (Å²) in [5, 5.41) is 4.41. The third-order valence-electron chi connectivity index (χ3n) is 4.18. The summed E-state index contributed by atoms with van der Waals surface area (Å²) in [6.07, 6.45) is 1.75. The molecule has 1 atom stereocenters. The number of hydrogen-bond donors (Lipinski definition) is 0. The van der Waals surface area contributed by atoms with Crippen LogP contribution in [0.3, 0.4) is 0 Å². The molecule has 2 aromatic carbocycles. The molecule has 1 aliphatic rings. The van der Waals surface area contributed by atoms with Crippen LogP contribution in [0.5, 0.6) is 0 Å². The van der Waals surface area contributed by atoms with Gasteiger partial charge < -0.3 is 4.90 Å². The van der Waals surface area contributed by atoms with Gasteiger partial charge in [0, 0.05) is 30.7 Å². The number of hydrazone groups is 1. The second-order valence-electron chi connectivity index (χ2n) is 6.30. The first kappa shape index (κ1) is 17.9. The van der Waals surface area contributed by atoms with Crippen LogP contribution in [0.1, 0.15) is 23.6 Å². The van der Waals surface area contributed by atoms with E-state index in [0.717, 1.165) is 27.0 Å². The summed E-state index contributed by atoms with van der Waals surface area (Å²) in [4.78, 5) is 2.01. The summed E-state index contributed by atoms with van der Waals surface area (Å²) in [7, 11) is 0.499. The van der Waals surface area contributed by atoms with Crippen molar-refractivity contribution in [2.45, 2.75) is 12.5 Å². The molecule has 3 rings (SSSR count). The zero-order valence-electron chi connectivity index (χ0n) is 14.3. The Morgan fingerprint density at radius 1 is 1.08 bits per heavy atom. The molecule has 0 saturated heterocycles. The highest BCUT2D eigenvalue weighted by Crippen LogP contribution is 2.35. The van der Waals surface area contributed by atoms with Crippen molar-refractivity contribution in [2.24, 2.45) is 5.10 Å². The maximum absolute atomic E-state index is 12.2. The SMILES string of the molecule is CN(C)c1ccc([C@H]2CC(c3ccc(Br)cc3)=NN2S(C)(=O)=O)cc1. The lowest BCUT2D eigenvalue weighted by atomic mass is 9.99. The van der Waals surface area contributed by atoms with Gasteiger partial charge in [0.25, 0.3) is 0 Å². The van der Waals surface area contributed by atoms with E-state index in [2.05, 4.69) is 21.0 Å². The molecule has 7 heteroatoms. The molecular weight excluding hydrogens is 402 g/mol. The van der Waals surface area contributed by atoms with E-state index in [4.69, 9.17) is 0 Å². The Kier molecular flexibility index (Phi) is 4.88. The van der Waals surface area contributed by atoms with Crippen molar-refractivity contribution in [1.29, 1.82) is 0 Å². The molecule has 0 unspecified atom stereocenters. The first-order chi connectivity index (χ1) is 11.8. The fourth-order valence-electron chi connectivity index (χ4n) is 2.85. The number of anilines is 1. The van der Waals surface area contributed by atoms with Gasteiger partial charge in [-0.25, -0.2) is 8.42 Å². The quantitative estimate of drug-likeness (QED) is 0.756. The number of hydrogen-bond acceptors (Lipinski definition) is 4. The van der Waals surface area contributed by atoms with Crippen molar-refractivity contribution >= 4 is 37.4 Å². The van der Waals surface area contributed by atoms with Crippen LogP contribution in [0.4, 0.5) is 5.69 Å². The molecule has 0 aromatic heterocycles. The molecule has 0 aliphatic carbocycles. The Bertz CT molecular complexity index is 891. The smallest absolute Gasteiger partial charge is 0.247 e.